The third-order valence-electron chi connectivity index (χ3n) is 3.38. The van der Waals surface area contributed by atoms with Crippen LogP contribution < -0.4 is 4.72 Å². The second kappa shape index (κ2) is 7.05. The van der Waals surface area contributed by atoms with Crippen LogP contribution in [0.15, 0.2) is 29.2 Å². The van der Waals surface area contributed by atoms with E-state index in [2.05, 4.69) is 16.6 Å². The van der Waals surface area contributed by atoms with Gasteiger partial charge in [0.05, 0.1) is 4.90 Å². The van der Waals surface area contributed by atoms with Crippen molar-refractivity contribution in [1.29, 1.82) is 0 Å². The molecule has 5 nitrogen and oxygen atoms in total. The summed E-state index contributed by atoms with van der Waals surface area (Å²) in [7, 11) is 0.273. The van der Waals surface area contributed by atoms with Gasteiger partial charge in [-0.25, -0.2) is 13.1 Å². The van der Waals surface area contributed by atoms with Crippen LogP contribution in [-0.2, 0) is 10.0 Å². The van der Waals surface area contributed by atoms with E-state index < -0.39 is 10.0 Å². The van der Waals surface area contributed by atoms with E-state index in [1.54, 1.807) is 12.1 Å². The first-order chi connectivity index (χ1) is 9.69. The Morgan fingerprint density at radius 1 is 1.24 bits per heavy atom. The Hall–Kier alpha value is -1.39. The zero-order valence-electron chi connectivity index (χ0n) is 12.8. The molecule has 0 amide bonds. The van der Waals surface area contributed by atoms with Crippen molar-refractivity contribution in [3.63, 3.8) is 0 Å². The van der Waals surface area contributed by atoms with Gasteiger partial charge in [-0.2, -0.15) is 0 Å². The van der Waals surface area contributed by atoms with Gasteiger partial charge >= 0.3 is 0 Å². The molecule has 0 saturated carbocycles. The van der Waals surface area contributed by atoms with Crippen LogP contribution >= 0.6 is 0 Å². The minimum absolute atomic E-state index is 0.201. The molecule has 0 unspecified atom stereocenters. The third-order valence-corrected chi connectivity index (χ3v) is 4.80. The van der Waals surface area contributed by atoms with Gasteiger partial charge in [0.1, 0.15) is 6.61 Å². The summed E-state index contributed by atoms with van der Waals surface area (Å²) in [6.45, 7) is 4.02. The molecular weight excluding hydrogens is 288 g/mol. The number of aliphatic hydroxyl groups is 1. The van der Waals surface area contributed by atoms with Crippen LogP contribution in [0.3, 0.4) is 0 Å². The van der Waals surface area contributed by atoms with Gasteiger partial charge in [-0.1, -0.05) is 11.8 Å². The largest absolute Gasteiger partial charge is 0.384 e. The topological polar surface area (TPSA) is 69.6 Å². The summed E-state index contributed by atoms with van der Waals surface area (Å²) in [5, 5.41) is 8.62. The molecule has 0 radical (unpaired) electrons. The molecule has 0 aliphatic carbocycles. The van der Waals surface area contributed by atoms with Crippen LogP contribution in [0.25, 0.3) is 0 Å². The van der Waals surface area contributed by atoms with Crippen LogP contribution in [0.4, 0.5) is 0 Å². The predicted molar refractivity (Wildman–Crippen MR) is 83.4 cm³/mol. The molecular formula is C15H22N2O3S. The molecule has 0 atom stereocenters. The number of likely N-dealkylation sites (N-methyl/N-ethyl adjacent to an activating group) is 1. The van der Waals surface area contributed by atoms with E-state index in [0.29, 0.717) is 12.1 Å². The SMILES string of the molecule is CN(C)C(C)(C)CNS(=O)(=O)c1ccc(C#CCO)cc1. The standard InChI is InChI=1S/C15H22N2O3S/c1-15(2,17(3)4)12-16-21(19,20)14-9-7-13(8-10-14)6-5-11-18/h7-10,16,18H,11-12H2,1-4H3. The molecule has 1 aromatic carbocycles. The Morgan fingerprint density at radius 2 is 1.81 bits per heavy atom. The molecule has 0 fully saturated rings. The molecule has 0 bridgehead atoms. The highest BCUT2D eigenvalue weighted by molar-refractivity contribution is 7.89. The van der Waals surface area contributed by atoms with E-state index in [1.165, 1.54) is 12.1 Å². The van der Waals surface area contributed by atoms with Gasteiger partial charge in [-0.3, -0.25) is 0 Å². The van der Waals surface area contributed by atoms with Crippen molar-refractivity contribution in [2.24, 2.45) is 0 Å². The zero-order chi connectivity index (χ0) is 16.1. The first kappa shape index (κ1) is 17.7. The highest BCUT2D eigenvalue weighted by atomic mass is 32.2. The van der Waals surface area contributed by atoms with Crippen molar-refractivity contribution in [2.75, 3.05) is 27.2 Å². The van der Waals surface area contributed by atoms with Gasteiger partial charge in [0.25, 0.3) is 0 Å². The second-order valence-corrected chi connectivity index (χ2v) is 7.28. The van der Waals surface area contributed by atoms with Gasteiger partial charge in [-0.05, 0) is 52.2 Å². The van der Waals surface area contributed by atoms with E-state index in [9.17, 15) is 8.42 Å². The van der Waals surface area contributed by atoms with Crippen LogP contribution in [0.1, 0.15) is 19.4 Å². The van der Waals surface area contributed by atoms with Crippen molar-refractivity contribution in [3.05, 3.63) is 29.8 Å². The fourth-order valence-electron chi connectivity index (χ4n) is 1.37. The first-order valence-electron chi connectivity index (χ1n) is 6.56. The summed E-state index contributed by atoms with van der Waals surface area (Å²) in [4.78, 5) is 2.16. The van der Waals surface area contributed by atoms with Crippen LogP contribution in [-0.4, -0.2) is 51.2 Å². The number of aliphatic hydroxyl groups excluding tert-OH is 1. The highest BCUT2D eigenvalue weighted by Gasteiger charge is 2.24. The summed E-state index contributed by atoms with van der Waals surface area (Å²) in [5.41, 5.74) is 0.385. The summed E-state index contributed by atoms with van der Waals surface area (Å²) < 4.78 is 27.1. The molecule has 6 heteroatoms. The normalized spacial score (nSPS) is 12.1. The smallest absolute Gasteiger partial charge is 0.240 e. The Balaban J connectivity index is 2.84. The van der Waals surface area contributed by atoms with Gasteiger partial charge in [-0.15, -0.1) is 0 Å². The summed E-state index contributed by atoms with van der Waals surface area (Å²) in [5.74, 6) is 5.24. The lowest BCUT2D eigenvalue weighted by Crippen LogP contribution is -2.48. The fourth-order valence-corrected chi connectivity index (χ4v) is 2.58. The number of hydrogen-bond acceptors (Lipinski definition) is 4. The van der Waals surface area contributed by atoms with Crippen LogP contribution in [0, 0.1) is 11.8 Å². The molecule has 0 spiro atoms. The van der Waals surface area contributed by atoms with Crippen molar-refractivity contribution in [2.45, 2.75) is 24.3 Å². The number of hydrogen-bond donors (Lipinski definition) is 2. The van der Waals surface area contributed by atoms with Gasteiger partial charge < -0.3 is 10.0 Å². The van der Waals surface area contributed by atoms with Crippen molar-refractivity contribution < 1.29 is 13.5 Å². The lowest BCUT2D eigenvalue weighted by atomic mass is 10.1. The first-order valence-corrected chi connectivity index (χ1v) is 8.04. The number of sulfonamides is 1. The quantitative estimate of drug-likeness (QED) is 0.784. The number of nitrogens with zero attached hydrogens (tertiary/aromatic N) is 1. The number of benzene rings is 1. The summed E-state index contributed by atoms with van der Waals surface area (Å²) >= 11 is 0. The van der Waals surface area contributed by atoms with E-state index in [0.717, 1.165) is 0 Å². The Bertz CT molecular complexity index is 623. The summed E-state index contributed by atoms with van der Waals surface area (Å²) in [6, 6.07) is 6.25. The Labute approximate surface area is 127 Å². The third kappa shape index (κ3) is 5.14. The minimum atomic E-state index is -3.54. The molecule has 0 aliphatic rings. The maximum atomic E-state index is 12.2. The monoisotopic (exact) mass is 310 g/mol. The summed E-state index contributed by atoms with van der Waals surface area (Å²) in [6.07, 6.45) is 0. The average molecular weight is 310 g/mol. The maximum absolute atomic E-state index is 12.2. The zero-order valence-corrected chi connectivity index (χ0v) is 13.7. The van der Waals surface area contributed by atoms with E-state index in [-0.39, 0.29) is 17.0 Å². The highest BCUT2D eigenvalue weighted by Crippen LogP contribution is 2.13. The second-order valence-electron chi connectivity index (χ2n) is 5.52. The fraction of sp³-hybridized carbons (Fsp3) is 0.467. The van der Waals surface area contributed by atoms with Crippen molar-refractivity contribution >= 4 is 10.0 Å². The number of rotatable bonds is 5. The van der Waals surface area contributed by atoms with Crippen molar-refractivity contribution in [1.82, 2.24) is 9.62 Å². The molecule has 21 heavy (non-hydrogen) atoms. The average Bonchev–Trinajstić information content (AvgIpc) is 2.43. The Morgan fingerprint density at radius 3 is 2.29 bits per heavy atom. The predicted octanol–water partition coefficient (Wildman–Crippen LogP) is 0.649. The van der Waals surface area contributed by atoms with Crippen molar-refractivity contribution in [3.8, 4) is 11.8 Å². The van der Waals surface area contributed by atoms with Crippen LogP contribution in [0.2, 0.25) is 0 Å². The Kier molecular flexibility index (Phi) is 5.93. The van der Waals surface area contributed by atoms with Gasteiger partial charge in [0, 0.05) is 17.6 Å². The molecule has 2 N–H and O–H groups in total. The minimum Gasteiger partial charge on any atom is -0.384 e. The van der Waals surface area contributed by atoms with E-state index in [1.807, 2.05) is 32.8 Å². The van der Waals surface area contributed by atoms with Gasteiger partial charge in [0.2, 0.25) is 10.0 Å². The maximum Gasteiger partial charge on any atom is 0.240 e. The molecule has 1 rings (SSSR count). The molecule has 116 valence electrons. The molecule has 1 aromatic rings. The number of nitrogens with one attached hydrogen (secondary N) is 1. The molecule has 0 aliphatic heterocycles. The molecule has 0 saturated heterocycles. The van der Waals surface area contributed by atoms with E-state index >= 15 is 0 Å². The lowest BCUT2D eigenvalue weighted by molar-refractivity contribution is 0.199. The molecule has 0 aromatic heterocycles. The lowest BCUT2D eigenvalue weighted by Gasteiger charge is -2.32. The molecule has 0 heterocycles. The van der Waals surface area contributed by atoms with Gasteiger partial charge in [0.15, 0.2) is 0 Å². The van der Waals surface area contributed by atoms with E-state index in [4.69, 9.17) is 5.11 Å². The van der Waals surface area contributed by atoms with Crippen LogP contribution in [0.5, 0.6) is 0 Å².